The first kappa shape index (κ1) is 12.7. The van der Waals surface area contributed by atoms with Crippen molar-refractivity contribution in [2.75, 3.05) is 5.32 Å². The summed E-state index contributed by atoms with van der Waals surface area (Å²) in [6, 6.07) is 6.93. The van der Waals surface area contributed by atoms with E-state index in [9.17, 15) is 0 Å². The minimum absolute atomic E-state index is 0.449. The van der Waals surface area contributed by atoms with Crippen LogP contribution in [-0.4, -0.2) is 4.98 Å². The molecule has 1 N–H and O–H groups in total. The highest BCUT2D eigenvalue weighted by Gasteiger charge is 2.27. The Bertz CT molecular complexity index is 515. The zero-order valence-corrected chi connectivity index (χ0v) is 12.1. The molecule has 0 amide bonds. The van der Waals surface area contributed by atoms with Gasteiger partial charge in [0.05, 0.1) is 17.9 Å². The number of anilines is 1. The number of rotatable bonds is 4. The topological polar surface area (TPSA) is 24.9 Å². The monoisotopic (exact) mass is 272 g/mol. The third kappa shape index (κ3) is 2.81. The second-order valence-corrected chi connectivity index (χ2v) is 6.35. The van der Waals surface area contributed by atoms with Crippen LogP contribution in [0.15, 0.2) is 36.0 Å². The second-order valence-electron chi connectivity index (χ2n) is 5.37. The number of thiophene rings is 1. The highest BCUT2D eigenvalue weighted by molar-refractivity contribution is 7.10. The molecule has 1 aliphatic carbocycles. The minimum atomic E-state index is 0.449. The third-order valence-corrected chi connectivity index (χ3v) is 5.03. The van der Waals surface area contributed by atoms with Crippen LogP contribution in [0.3, 0.4) is 0 Å². The summed E-state index contributed by atoms with van der Waals surface area (Å²) in [5.41, 5.74) is 2.45. The summed E-state index contributed by atoms with van der Waals surface area (Å²) in [7, 11) is 0. The summed E-state index contributed by atoms with van der Waals surface area (Å²) in [4.78, 5) is 5.70. The van der Waals surface area contributed by atoms with Crippen LogP contribution in [0.25, 0.3) is 0 Å². The molecule has 1 saturated carbocycles. The van der Waals surface area contributed by atoms with Crippen molar-refractivity contribution in [1.82, 2.24) is 4.98 Å². The lowest BCUT2D eigenvalue weighted by atomic mass is 9.96. The number of hydrogen-bond donors (Lipinski definition) is 1. The van der Waals surface area contributed by atoms with Crippen LogP contribution < -0.4 is 5.32 Å². The molecule has 1 fully saturated rings. The Hall–Kier alpha value is -1.35. The van der Waals surface area contributed by atoms with Gasteiger partial charge in [0.25, 0.3) is 0 Å². The highest BCUT2D eigenvalue weighted by Crippen LogP contribution is 2.39. The van der Waals surface area contributed by atoms with Gasteiger partial charge < -0.3 is 5.32 Å². The predicted molar refractivity (Wildman–Crippen MR) is 81.6 cm³/mol. The fourth-order valence-corrected chi connectivity index (χ4v) is 3.83. The zero-order valence-electron chi connectivity index (χ0n) is 11.3. The summed E-state index contributed by atoms with van der Waals surface area (Å²) < 4.78 is 0. The zero-order chi connectivity index (χ0) is 13.1. The van der Waals surface area contributed by atoms with E-state index in [2.05, 4.69) is 40.8 Å². The summed E-state index contributed by atoms with van der Waals surface area (Å²) in [5.74, 6) is 0.762. The first-order valence-corrected chi connectivity index (χ1v) is 7.93. The second kappa shape index (κ2) is 5.74. The van der Waals surface area contributed by atoms with Gasteiger partial charge >= 0.3 is 0 Å². The lowest BCUT2D eigenvalue weighted by molar-refractivity contribution is 0.475. The smallest absolute Gasteiger partial charge is 0.0635 e. The molecule has 3 rings (SSSR count). The first-order valence-electron chi connectivity index (χ1n) is 7.05. The number of nitrogens with one attached hydrogen (secondary N) is 1. The van der Waals surface area contributed by atoms with Crippen molar-refractivity contribution < 1.29 is 0 Å². The molecule has 0 bridgehead atoms. The van der Waals surface area contributed by atoms with E-state index >= 15 is 0 Å². The number of pyridine rings is 1. The van der Waals surface area contributed by atoms with Gasteiger partial charge in [-0.25, -0.2) is 0 Å². The van der Waals surface area contributed by atoms with Crippen molar-refractivity contribution in [3.63, 3.8) is 0 Å². The third-order valence-electron chi connectivity index (χ3n) is 4.07. The van der Waals surface area contributed by atoms with Crippen molar-refractivity contribution in [2.24, 2.45) is 5.92 Å². The molecule has 3 heteroatoms. The van der Waals surface area contributed by atoms with Crippen LogP contribution in [-0.2, 0) is 0 Å². The van der Waals surface area contributed by atoms with E-state index in [1.165, 1.54) is 41.8 Å². The lowest BCUT2D eigenvalue weighted by Crippen LogP contribution is -2.18. The van der Waals surface area contributed by atoms with Crippen molar-refractivity contribution >= 4 is 17.0 Å². The molecular formula is C16H20N2S. The molecule has 19 heavy (non-hydrogen) atoms. The summed E-state index contributed by atoms with van der Waals surface area (Å²) in [5, 5.41) is 5.92. The Balaban J connectivity index is 1.85. The normalized spacial score (nSPS) is 17.5. The van der Waals surface area contributed by atoms with Gasteiger partial charge in [0.2, 0.25) is 0 Å². The maximum atomic E-state index is 4.25. The van der Waals surface area contributed by atoms with Crippen LogP contribution in [0.5, 0.6) is 0 Å². The maximum Gasteiger partial charge on any atom is 0.0635 e. The molecule has 1 unspecified atom stereocenters. The van der Waals surface area contributed by atoms with E-state index in [4.69, 9.17) is 0 Å². The quantitative estimate of drug-likeness (QED) is 0.865. The van der Waals surface area contributed by atoms with E-state index in [1.54, 1.807) is 0 Å². The lowest BCUT2D eigenvalue weighted by Gasteiger charge is -2.25. The molecule has 100 valence electrons. The SMILES string of the molecule is Cc1ccncc1NC(c1cccs1)C1CCCC1. The Morgan fingerprint density at radius 2 is 2.16 bits per heavy atom. The molecule has 0 aromatic carbocycles. The van der Waals surface area contributed by atoms with E-state index in [0.29, 0.717) is 6.04 Å². The molecule has 0 saturated heterocycles. The van der Waals surface area contributed by atoms with Gasteiger partial charge in [0.15, 0.2) is 0 Å². The molecule has 0 spiro atoms. The Labute approximate surface area is 118 Å². The number of aromatic nitrogens is 1. The number of hydrogen-bond acceptors (Lipinski definition) is 3. The fraction of sp³-hybridized carbons (Fsp3) is 0.438. The Kier molecular flexibility index (Phi) is 3.83. The minimum Gasteiger partial charge on any atom is -0.376 e. The Morgan fingerprint density at radius 3 is 2.84 bits per heavy atom. The van der Waals surface area contributed by atoms with Gasteiger partial charge in [-0.05, 0) is 48.8 Å². The highest BCUT2D eigenvalue weighted by atomic mass is 32.1. The standard InChI is InChI=1S/C16H20N2S/c1-12-8-9-17-11-14(12)18-16(13-5-2-3-6-13)15-7-4-10-19-15/h4,7-11,13,16,18H,2-3,5-6H2,1H3. The van der Waals surface area contributed by atoms with E-state index < -0.39 is 0 Å². The van der Waals surface area contributed by atoms with Gasteiger partial charge in [-0.15, -0.1) is 11.3 Å². The van der Waals surface area contributed by atoms with Crippen LogP contribution in [0, 0.1) is 12.8 Å². The van der Waals surface area contributed by atoms with Crippen LogP contribution in [0.4, 0.5) is 5.69 Å². The Morgan fingerprint density at radius 1 is 1.32 bits per heavy atom. The van der Waals surface area contributed by atoms with Crippen molar-refractivity contribution in [3.05, 3.63) is 46.4 Å². The molecule has 2 aromatic heterocycles. The van der Waals surface area contributed by atoms with Crippen molar-refractivity contribution in [1.29, 1.82) is 0 Å². The molecule has 0 radical (unpaired) electrons. The first-order chi connectivity index (χ1) is 9.34. The van der Waals surface area contributed by atoms with Crippen LogP contribution >= 0.6 is 11.3 Å². The van der Waals surface area contributed by atoms with E-state index in [1.807, 2.05) is 23.7 Å². The summed E-state index contributed by atoms with van der Waals surface area (Å²) in [6.07, 6.45) is 9.24. The van der Waals surface area contributed by atoms with Gasteiger partial charge in [0.1, 0.15) is 0 Å². The molecular weight excluding hydrogens is 252 g/mol. The molecule has 1 atom stereocenters. The van der Waals surface area contributed by atoms with Gasteiger partial charge in [-0.1, -0.05) is 18.9 Å². The average molecular weight is 272 g/mol. The van der Waals surface area contributed by atoms with Gasteiger partial charge in [-0.3, -0.25) is 4.98 Å². The van der Waals surface area contributed by atoms with E-state index in [0.717, 1.165) is 5.92 Å². The predicted octanol–water partition coefficient (Wildman–Crippen LogP) is 4.79. The molecule has 0 aliphatic heterocycles. The van der Waals surface area contributed by atoms with Gasteiger partial charge in [-0.2, -0.15) is 0 Å². The van der Waals surface area contributed by atoms with Gasteiger partial charge in [0, 0.05) is 11.1 Å². The maximum absolute atomic E-state index is 4.25. The number of nitrogens with zero attached hydrogens (tertiary/aromatic N) is 1. The number of aryl methyl sites for hydroxylation is 1. The van der Waals surface area contributed by atoms with Crippen molar-refractivity contribution in [2.45, 2.75) is 38.6 Å². The largest absolute Gasteiger partial charge is 0.376 e. The molecule has 1 aliphatic rings. The van der Waals surface area contributed by atoms with Crippen molar-refractivity contribution in [3.8, 4) is 0 Å². The summed E-state index contributed by atoms with van der Waals surface area (Å²) in [6.45, 7) is 2.14. The molecule has 2 heterocycles. The molecule has 2 aromatic rings. The fourth-order valence-electron chi connectivity index (χ4n) is 2.96. The van der Waals surface area contributed by atoms with Crippen LogP contribution in [0.1, 0.15) is 42.2 Å². The van der Waals surface area contributed by atoms with E-state index in [-0.39, 0.29) is 0 Å². The van der Waals surface area contributed by atoms with Crippen LogP contribution in [0.2, 0.25) is 0 Å². The average Bonchev–Trinajstić information content (AvgIpc) is 3.11. The molecule has 2 nitrogen and oxygen atoms in total. The summed E-state index contributed by atoms with van der Waals surface area (Å²) >= 11 is 1.86.